The maximum Gasteiger partial charge on any atom is 0.212 e. The number of aryl methyl sites for hydroxylation is 1. The molecule has 0 aliphatic carbocycles. The van der Waals surface area contributed by atoms with Crippen molar-refractivity contribution in [2.45, 2.75) is 0 Å². The standard InChI is InChI=1S/C8H8NO/c1-9-4-2-7-3-5-10-8(7)6-9/h2-6H,1H3/q+1. The quantitative estimate of drug-likeness (QED) is 0.496. The summed E-state index contributed by atoms with van der Waals surface area (Å²) in [5, 5.41) is 1.15. The first-order valence-electron chi connectivity index (χ1n) is 3.19. The first-order valence-corrected chi connectivity index (χ1v) is 3.19. The molecule has 0 aliphatic rings. The van der Waals surface area contributed by atoms with Crippen LogP contribution in [0.15, 0.2) is 35.2 Å². The number of hydrogen-bond acceptors (Lipinski definition) is 1. The fourth-order valence-corrected chi connectivity index (χ4v) is 0.999. The molecule has 0 fully saturated rings. The van der Waals surface area contributed by atoms with Crippen molar-refractivity contribution in [3.05, 3.63) is 30.8 Å². The van der Waals surface area contributed by atoms with Gasteiger partial charge in [-0.1, -0.05) is 0 Å². The van der Waals surface area contributed by atoms with Crippen molar-refractivity contribution in [2.24, 2.45) is 7.05 Å². The van der Waals surface area contributed by atoms with Crippen LogP contribution in [-0.2, 0) is 7.05 Å². The van der Waals surface area contributed by atoms with Gasteiger partial charge in [0, 0.05) is 11.5 Å². The molecular formula is C8H8NO+. The topological polar surface area (TPSA) is 17.0 Å². The summed E-state index contributed by atoms with van der Waals surface area (Å²) in [4.78, 5) is 0. The second-order valence-electron chi connectivity index (χ2n) is 2.35. The van der Waals surface area contributed by atoms with Crippen LogP contribution in [0.2, 0.25) is 0 Å². The van der Waals surface area contributed by atoms with Gasteiger partial charge in [-0.25, -0.2) is 4.57 Å². The summed E-state index contributed by atoms with van der Waals surface area (Å²) in [6.07, 6.45) is 5.65. The van der Waals surface area contributed by atoms with Crippen molar-refractivity contribution in [1.29, 1.82) is 0 Å². The van der Waals surface area contributed by atoms with Gasteiger partial charge in [0.15, 0.2) is 11.8 Å². The van der Waals surface area contributed by atoms with Crippen molar-refractivity contribution >= 4 is 11.0 Å². The Bertz CT molecular complexity index is 351. The van der Waals surface area contributed by atoms with Crippen molar-refractivity contribution in [2.75, 3.05) is 0 Å². The van der Waals surface area contributed by atoms with Crippen LogP contribution in [0.25, 0.3) is 11.0 Å². The van der Waals surface area contributed by atoms with E-state index < -0.39 is 0 Å². The van der Waals surface area contributed by atoms with E-state index >= 15 is 0 Å². The third-order valence-corrected chi connectivity index (χ3v) is 1.54. The highest BCUT2D eigenvalue weighted by Crippen LogP contribution is 2.10. The minimum absolute atomic E-state index is 0.935. The maximum absolute atomic E-state index is 5.18. The van der Waals surface area contributed by atoms with Gasteiger partial charge < -0.3 is 4.42 Å². The van der Waals surface area contributed by atoms with E-state index in [-0.39, 0.29) is 0 Å². The van der Waals surface area contributed by atoms with E-state index in [4.69, 9.17) is 4.42 Å². The van der Waals surface area contributed by atoms with Gasteiger partial charge >= 0.3 is 0 Å². The van der Waals surface area contributed by atoms with Crippen LogP contribution in [0.1, 0.15) is 0 Å². The number of furan rings is 1. The molecular weight excluding hydrogens is 126 g/mol. The molecule has 0 spiro atoms. The van der Waals surface area contributed by atoms with Crippen molar-refractivity contribution in [1.82, 2.24) is 0 Å². The highest BCUT2D eigenvalue weighted by Gasteiger charge is 1.98. The summed E-state index contributed by atoms with van der Waals surface area (Å²) in [6.45, 7) is 0. The highest BCUT2D eigenvalue weighted by molar-refractivity contribution is 5.74. The molecule has 0 N–H and O–H groups in total. The Morgan fingerprint density at radius 2 is 2.30 bits per heavy atom. The van der Waals surface area contributed by atoms with Crippen LogP contribution in [0.4, 0.5) is 0 Å². The molecule has 0 bridgehead atoms. The smallest absolute Gasteiger partial charge is 0.212 e. The summed E-state index contributed by atoms with van der Waals surface area (Å²) >= 11 is 0. The van der Waals surface area contributed by atoms with E-state index in [0.29, 0.717) is 0 Å². The summed E-state index contributed by atoms with van der Waals surface area (Å²) in [5.74, 6) is 0. The summed E-state index contributed by atoms with van der Waals surface area (Å²) in [6, 6.07) is 3.98. The molecule has 2 aromatic rings. The predicted molar refractivity (Wildman–Crippen MR) is 37.4 cm³/mol. The molecule has 2 heterocycles. The predicted octanol–water partition coefficient (Wildman–Crippen LogP) is 1.26. The number of nitrogens with zero attached hydrogens (tertiary/aromatic N) is 1. The molecule has 0 saturated heterocycles. The molecule has 10 heavy (non-hydrogen) atoms. The molecule has 0 unspecified atom stereocenters. The zero-order valence-corrected chi connectivity index (χ0v) is 5.74. The van der Waals surface area contributed by atoms with Gasteiger partial charge in [0.2, 0.25) is 6.20 Å². The van der Waals surface area contributed by atoms with Crippen LogP contribution in [0, 0.1) is 0 Å². The molecule has 0 saturated carbocycles. The molecule has 0 amide bonds. The second kappa shape index (κ2) is 1.84. The Morgan fingerprint density at radius 1 is 1.40 bits per heavy atom. The van der Waals surface area contributed by atoms with E-state index in [1.165, 1.54) is 0 Å². The van der Waals surface area contributed by atoms with Gasteiger partial charge in [0.05, 0.1) is 6.26 Å². The SMILES string of the molecule is C[n+]1ccc2ccoc2c1. The minimum atomic E-state index is 0.935. The van der Waals surface area contributed by atoms with Crippen LogP contribution in [0.3, 0.4) is 0 Å². The Labute approximate surface area is 58.7 Å². The van der Waals surface area contributed by atoms with Gasteiger partial charge in [-0.3, -0.25) is 0 Å². The number of fused-ring (bicyclic) bond motifs is 1. The fourth-order valence-electron chi connectivity index (χ4n) is 0.999. The molecule has 0 aliphatic heterocycles. The summed E-state index contributed by atoms with van der Waals surface area (Å²) in [7, 11) is 1.97. The lowest BCUT2D eigenvalue weighted by atomic mass is 10.3. The zero-order valence-electron chi connectivity index (χ0n) is 5.74. The second-order valence-corrected chi connectivity index (χ2v) is 2.35. The van der Waals surface area contributed by atoms with E-state index in [9.17, 15) is 0 Å². The van der Waals surface area contributed by atoms with Crippen LogP contribution in [0.5, 0.6) is 0 Å². The van der Waals surface area contributed by atoms with E-state index in [1.54, 1.807) is 6.26 Å². The first kappa shape index (κ1) is 5.47. The first-order chi connectivity index (χ1) is 4.86. The molecule has 2 aromatic heterocycles. The van der Waals surface area contributed by atoms with E-state index in [2.05, 4.69) is 0 Å². The number of pyridine rings is 1. The van der Waals surface area contributed by atoms with Crippen LogP contribution >= 0.6 is 0 Å². The Hall–Kier alpha value is -1.31. The maximum atomic E-state index is 5.18. The average Bonchev–Trinajstić information content (AvgIpc) is 2.33. The Kier molecular flexibility index (Phi) is 1.01. The van der Waals surface area contributed by atoms with Gasteiger partial charge in [-0.15, -0.1) is 0 Å². The van der Waals surface area contributed by atoms with Crippen LogP contribution < -0.4 is 4.57 Å². The molecule has 0 radical (unpaired) electrons. The monoisotopic (exact) mass is 134 g/mol. The fraction of sp³-hybridized carbons (Fsp3) is 0.125. The molecule has 50 valence electrons. The number of rotatable bonds is 0. The zero-order chi connectivity index (χ0) is 6.97. The normalized spacial score (nSPS) is 10.5. The highest BCUT2D eigenvalue weighted by atomic mass is 16.3. The molecule has 2 nitrogen and oxygen atoms in total. The largest absolute Gasteiger partial charge is 0.458 e. The Morgan fingerprint density at radius 3 is 3.20 bits per heavy atom. The molecule has 0 aromatic carbocycles. The lowest BCUT2D eigenvalue weighted by Crippen LogP contribution is -2.25. The average molecular weight is 134 g/mol. The van der Waals surface area contributed by atoms with Gasteiger partial charge in [-0.2, -0.15) is 0 Å². The molecule has 2 rings (SSSR count). The van der Waals surface area contributed by atoms with E-state index in [0.717, 1.165) is 11.0 Å². The molecule has 2 heteroatoms. The van der Waals surface area contributed by atoms with E-state index in [1.807, 2.05) is 36.1 Å². The minimum Gasteiger partial charge on any atom is -0.458 e. The van der Waals surface area contributed by atoms with Gasteiger partial charge in [0.25, 0.3) is 0 Å². The Balaban J connectivity index is 2.86. The third kappa shape index (κ3) is 0.692. The lowest BCUT2D eigenvalue weighted by molar-refractivity contribution is -0.670. The van der Waals surface area contributed by atoms with Gasteiger partial charge in [-0.05, 0) is 6.07 Å². The molecule has 0 atom stereocenters. The van der Waals surface area contributed by atoms with Crippen molar-refractivity contribution < 1.29 is 8.98 Å². The number of hydrogen-bond donors (Lipinski definition) is 0. The van der Waals surface area contributed by atoms with Gasteiger partial charge in [0.1, 0.15) is 7.05 Å². The number of aromatic nitrogens is 1. The van der Waals surface area contributed by atoms with Crippen molar-refractivity contribution in [3.8, 4) is 0 Å². The summed E-state index contributed by atoms with van der Waals surface area (Å²) < 4.78 is 7.14. The van der Waals surface area contributed by atoms with Crippen molar-refractivity contribution in [3.63, 3.8) is 0 Å². The van der Waals surface area contributed by atoms with Crippen LogP contribution in [-0.4, -0.2) is 0 Å². The lowest BCUT2D eigenvalue weighted by Gasteiger charge is -1.84. The third-order valence-electron chi connectivity index (χ3n) is 1.54. The summed E-state index contributed by atoms with van der Waals surface area (Å²) in [5.41, 5.74) is 0.935.